The molecule has 0 radical (unpaired) electrons. The summed E-state index contributed by atoms with van der Waals surface area (Å²) in [5.41, 5.74) is -0.559. The molecule has 2 rings (SSSR count). The maximum atomic E-state index is 11.0. The number of rotatable bonds is 3. The van der Waals surface area contributed by atoms with Gasteiger partial charge in [-0.3, -0.25) is 0 Å². The first-order valence-corrected chi connectivity index (χ1v) is 7.87. The maximum Gasteiger partial charge on any atom is 0.0725 e. The standard InChI is InChI=1S/C16H30O2/c1-4-13-6-8-14(9-7-13)16(17)10-11-18-15(3,5-2)12-16/h13-14,17H,4-12H2,1-3H3. The van der Waals surface area contributed by atoms with E-state index in [2.05, 4.69) is 20.8 Å². The molecule has 106 valence electrons. The van der Waals surface area contributed by atoms with E-state index in [1.807, 2.05) is 0 Å². The maximum absolute atomic E-state index is 11.0. The first-order valence-electron chi connectivity index (χ1n) is 7.87. The van der Waals surface area contributed by atoms with Crippen molar-refractivity contribution in [1.82, 2.24) is 0 Å². The van der Waals surface area contributed by atoms with Crippen molar-refractivity contribution in [2.24, 2.45) is 11.8 Å². The van der Waals surface area contributed by atoms with Crippen molar-refractivity contribution in [3.8, 4) is 0 Å². The van der Waals surface area contributed by atoms with Crippen LogP contribution in [-0.2, 0) is 4.74 Å². The van der Waals surface area contributed by atoms with Crippen molar-refractivity contribution in [2.45, 2.75) is 83.3 Å². The summed E-state index contributed by atoms with van der Waals surface area (Å²) < 4.78 is 5.88. The predicted molar refractivity (Wildman–Crippen MR) is 74.6 cm³/mol. The van der Waals surface area contributed by atoms with Crippen molar-refractivity contribution in [1.29, 1.82) is 0 Å². The monoisotopic (exact) mass is 254 g/mol. The summed E-state index contributed by atoms with van der Waals surface area (Å²) in [6.45, 7) is 7.35. The topological polar surface area (TPSA) is 29.5 Å². The van der Waals surface area contributed by atoms with Gasteiger partial charge >= 0.3 is 0 Å². The number of ether oxygens (including phenoxy) is 1. The van der Waals surface area contributed by atoms with Crippen molar-refractivity contribution in [2.75, 3.05) is 6.61 Å². The molecular weight excluding hydrogens is 224 g/mol. The third-order valence-corrected chi connectivity index (χ3v) is 5.60. The van der Waals surface area contributed by atoms with Gasteiger partial charge in [0, 0.05) is 6.42 Å². The van der Waals surface area contributed by atoms with Crippen LogP contribution in [0.2, 0.25) is 0 Å². The van der Waals surface area contributed by atoms with Crippen molar-refractivity contribution in [3.63, 3.8) is 0 Å². The molecule has 1 saturated carbocycles. The van der Waals surface area contributed by atoms with Crippen molar-refractivity contribution < 1.29 is 9.84 Å². The molecule has 2 heteroatoms. The molecule has 1 N–H and O–H groups in total. The molecular formula is C16H30O2. The normalized spacial score (nSPS) is 46.0. The largest absolute Gasteiger partial charge is 0.389 e. The lowest BCUT2D eigenvalue weighted by Gasteiger charge is -2.48. The summed E-state index contributed by atoms with van der Waals surface area (Å²) in [4.78, 5) is 0. The zero-order valence-corrected chi connectivity index (χ0v) is 12.4. The summed E-state index contributed by atoms with van der Waals surface area (Å²) in [7, 11) is 0. The minimum absolute atomic E-state index is 0.103. The summed E-state index contributed by atoms with van der Waals surface area (Å²) in [6, 6.07) is 0. The molecule has 1 heterocycles. The zero-order chi connectivity index (χ0) is 13.2. The van der Waals surface area contributed by atoms with Crippen LogP contribution >= 0.6 is 0 Å². The zero-order valence-electron chi connectivity index (χ0n) is 12.4. The van der Waals surface area contributed by atoms with Crippen LogP contribution in [0.15, 0.2) is 0 Å². The molecule has 0 amide bonds. The Morgan fingerprint density at radius 2 is 1.83 bits per heavy atom. The molecule has 2 unspecified atom stereocenters. The van der Waals surface area contributed by atoms with E-state index in [1.165, 1.54) is 32.1 Å². The molecule has 0 bridgehead atoms. The van der Waals surface area contributed by atoms with Gasteiger partial charge in [0.15, 0.2) is 0 Å². The smallest absolute Gasteiger partial charge is 0.0725 e. The lowest BCUT2D eigenvalue weighted by Crippen LogP contribution is -2.52. The number of aliphatic hydroxyl groups is 1. The second kappa shape index (κ2) is 5.50. The Kier molecular flexibility index (Phi) is 4.38. The highest BCUT2D eigenvalue weighted by atomic mass is 16.5. The van der Waals surface area contributed by atoms with Crippen molar-refractivity contribution >= 4 is 0 Å². The van der Waals surface area contributed by atoms with E-state index in [0.717, 1.165) is 31.8 Å². The van der Waals surface area contributed by atoms with Gasteiger partial charge in [0.1, 0.15) is 0 Å². The summed E-state index contributed by atoms with van der Waals surface area (Å²) in [6.07, 6.45) is 9.03. The molecule has 1 saturated heterocycles. The van der Waals surface area contributed by atoms with Gasteiger partial charge in [-0.2, -0.15) is 0 Å². The van der Waals surface area contributed by atoms with Crippen LogP contribution in [-0.4, -0.2) is 22.9 Å². The Hall–Kier alpha value is -0.0800. The van der Waals surface area contributed by atoms with Gasteiger partial charge in [-0.15, -0.1) is 0 Å². The second-order valence-corrected chi connectivity index (χ2v) is 6.81. The molecule has 0 aromatic rings. The van der Waals surface area contributed by atoms with Gasteiger partial charge in [-0.25, -0.2) is 0 Å². The first-order chi connectivity index (χ1) is 8.51. The van der Waals surface area contributed by atoms with Crippen LogP contribution in [0.4, 0.5) is 0 Å². The van der Waals surface area contributed by atoms with Crippen LogP contribution in [0, 0.1) is 11.8 Å². The summed E-state index contributed by atoms with van der Waals surface area (Å²) in [5.74, 6) is 1.41. The van der Waals surface area contributed by atoms with Gasteiger partial charge in [-0.1, -0.05) is 33.1 Å². The highest BCUT2D eigenvalue weighted by Crippen LogP contribution is 2.45. The molecule has 0 aromatic heterocycles. The Balaban J connectivity index is 1.98. The lowest BCUT2D eigenvalue weighted by molar-refractivity contribution is -0.179. The molecule has 0 spiro atoms. The first kappa shape index (κ1) is 14.3. The Bertz CT molecular complexity index is 270. The Labute approximate surface area is 112 Å². The van der Waals surface area contributed by atoms with Crippen LogP contribution in [0.3, 0.4) is 0 Å². The second-order valence-electron chi connectivity index (χ2n) is 6.81. The minimum atomic E-state index is -0.457. The SMILES string of the molecule is CCC1CCC(C2(O)CCOC(C)(CC)C2)CC1. The van der Waals surface area contributed by atoms with Gasteiger partial charge in [0.05, 0.1) is 17.8 Å². The molecule has 2 aliphatic rings. The Morgan fingerprint density at radius 1 is 1.17 bits per heavy atom. The van der Waals surface area contributed by atoms with E-state index in [4.69, 9.17) is 4.74 Å². The highest BCUT2D eigenvalue weighted by molar-refractivity contribution is 4.97. The van der Waals surface area contributed by atoms with E-state index in [9.17, 15) is 5.11 Å². The average Bonchev–Trinajstić information content (AvgIpc) is 2.39. The van der Waals surface area contributed by atoms with Crippen LogP contribution in [0.1, 0.15) is 72.1 Å². The lowest BCUT2D eigenvalue weighted by atomic mass is 9.67. The third-order valence-electron chi connectivity index (χ3n) is 5.60. The quantitative estimate of drug-likeness (QED) is 0.827. The number of hydrogen-bond donors (Lipinski definition) is 1. The van der Waals surface area contributed by atoms with Gasteiger partial charge in [0.2, 0.25) is 0 Å². The van der Waals surface area contributed by atoms with E-state index >= 15 is 0 Å². The fourth-order valence-electron chi connectivity index (χ4n) is 3.94. The highest BCUT2D eigenvalue weighted by Gasteiger charge is 2.46. The summed E-state index contributed by atoms with van der Waals surface area (Å²) in [5, 5.41) is 11.0. The van der Waals surface area contributed by atoms with Crippen LogP contribution in [0.5, 0.6) is 0 Å². The molecule has 2 atom stereocenters. The molecule has 2 nitrogen and oxygen atoms in total. The fourth-order valence-corrected chi connectivity index (χ4v) is 3.94. The Morgan fingerprint density at radius 3 is 2.39 bits per heavy atom. The van der Waals surface area contributed by atoms with E-state index in [0.29, 0.717) is 5.92 Å². The van der Waals surface area contributed by atoms with Gasteiger partial charge in [-0.05, 0) is 44.4 Å². The fraction of sp³-hybridized carbons (Fsp3) is 1.00. The molecule has 1 aliphatic heterocycles. The third kappa shape index (κ3) is 2.91. The molecule has 1 aliphatic carbocycles. The van der Waals surface area contributed by atoms with E-state index < -0.39 is 5.60 Å². The van der Waals surface area contributed by atoms with E-state index in [-0.39, 0.29) is 5.60 Å². The van der Waals surface area contributed by atoms with Crippen molar-refractivity contribution in [3.05, 3.63) is 0 Å². The molecule has 2 fully saturated rings. The van der Waals surface area contributed by atoms with Gasteiger partial charge < -0.3 is 9.84 Å². The van der Waals surface area contributed by atoms with Gasteiger partial charge in [0.25, 0.3) is 0 Å². The minimum Gasteiger partial charge on any atom is -0.389 e. The summed E-state index contributed by atoms with van der Waals surface area (Å²) >= 11 is 0. The predicted octanol–water partition coefficient (Wildman–Crippen LogP) is 3.91. The van der Waals surface area contributed by atoms with E-state index in [1.54, 1.807) is 0 Å². The average molecular weight is 254 g/mol. The molecule has 18 heavy (non-hydrogen) atoms. The molecule has 0 aromatic carbocycles. The number of hydrogen-bond acceptors (Lipinski definition) is 2. The van der Waals surface area contributed by atoms with Crippen LogP contribution in [0.25, 0.3) is 0 Å². The van der Waals surface area contributed by atoms with Crippen LogP contribution < -0.4 is 0 Å².